The fourth-order valence-electron chi connectivity index (χ4n) is 1.07. The Morgan fingerprint density at radius 2 is 1.92 bits per heavy atom. The minimum absolute atomic E-state index is 0.00463. The molecule has 0 aromatic heterocycles. The van der Waals surface area contributed by atoms with Crippen LogP contribution >= 0.6 is 11.6 Å². The zero-order chi connectivity index (χ0) is 9.35. The van der Waals surface area contributed by atoms with Gasteiger partial charge in [0.2, 0.25) is 0 Å². The van der Waals surface area contributed by atoms with Crippen LogP contribution in [0.15, 0.2) is 18.2 Å². The van der Waals surface area contributed by atoms with E-state index in [2.05, 4.69) is 0 Å². The predicted molar refractivity (Wildman–Crippen MR) is 45.8 cm³/mol. The highest BCUT2D eigenvalue weighted by molar-refractivity contribution is 6.30. The van der Waals surface area contributed by atoms with Crippen LogP contribution in [0.25, 0.3) is 0 Å². The quantitative estimate of drug-likeness (QED) is 0.633. The summed E-state index contributed by atoms with van der Waals surface area (Å²) in [5.41, 5.74) is 0.557. The van der Waals surface area contributed by atoms with Gasteiger partial charge in [-0.2, -0.15) is 0 Å². The van der Waals surface area contributed by atoms with Crippen LogP contribution < -0.4 is 0 Å². The molecule has 66 valence electrons. The largest absolute Gasteiger partial charge is 0.270 e. The molecule has 12 heavy (non-hydrogen) atoms. The lowest BCUT2D eigenvalue weighted by Crippen LogP contribution is -2.08. The van der Waals surface area contributed by atoms with Crippen LogP contribution in [0.5, 0.6) is 0 Å². The molecular formula is C9H9ClF2. The Morgan fingerprint density at radius 1 is 1.33 bits per heavy atom. The standard InChI is InChI=1S/C9H9ClF2/c1-6-3-4-7(10)5-8(6)9(2,11)12/h3-5H,1-2H3. The number of halogens is 3. The second-order valence-electron chi connectivity index (χ2n) is 2.85. The fourth-order valence-corrected chi connectivity index (χ4v) is 1.24. The summed E-state index contributed by atoms with van der Waals surface area (Å²) in [6.45, 7) is 2.51. The van der Waals surface area contributed by atoms with Crippen molar-refractivity contribution < 1.29 is 8.78 Å². The molecule has 0 saturated heterocycles. The molecule has 0 heterocycles. The SMILES string of the molecule is Cc1ccc(Cl)cc1C(C)(F)F. The van der Waals surface area contributed by atoms with E-state index in [-0.39, 0.29) is 5.56 Å². The van der Waals surface area contributed by atoms with Gasteiger partial charge in [0.05, 0.1) is 0 Å². The van der Waals surface area contributed by atoms with Crippen molar-refractivity contribution in [3.8, 4) is 0 Å². The van der Waals surface area contributed by atoms with Gasteiger partial charge in [0.25, 0.3) is 5.92 Å². The molecule has 0 unspecified atom stereocenters. The van der Waals surface area contributed by atoms with Gasteiger partial charge in [-0.05, 0) is 24.6 Å². The van der Waals surface area contributed by atoms with E-state index in [1.54, 1.807) is 19.1 Å². The van der Waals surface area contributed by atoms with Crippen molar-refractivity contribution in [3.05, 3.63) is 34.3 Å². The topological polar surface area (TPSA) is 0 Å². The molecule has 0 N–H and O–H groups in total. The minimum atomic E-state index is -2.81. The normalized spacial score (nSPS) is 11.8. The lowest BCUT2D eigenvalue weighted by molar-refractivity contribution is 0.0168. The van der Waals surface area contributed by atoms with Gasteiger partial charge in [-0.1, -0.05) is 17.7 Å². The van der Waals surface area contributed by atoms with Crippen molar-refractivity contribution in [2.75, 3.05) is 0 Å². The third-order valence-electron chi connectivity index (χ3n) is 1.67. The van der Waals surface area contributed by atoms with Crippen molar-refractivity contribution in [3.63, 3.8) is 0 Å². The van der Waals surface area contributed by atoms with Crippen molar-refractivity contribution in [2.24, 2.45) is 0 Å². The van der Waals surface area contributed by atoms with E-state index in [4.69, 9.17) is 11.6 Å². The van der Waals surface area contributed by atoms with Crippen molar-refractivity contribution in [1.82, 2.24) is 0 Å². The molecule has 0 aliphatic rings. The van der Waals surface area contributed by atoms with Crippen LogP contribution in [-0.2, 0) is 5.92 Å². The highest BCUT2D eigenvalue weighted by atomic mass is 35.5. The zero-order valence-corrected chi connectivity index (χ0v) is 7.62. The highest BCUT2D eigenvalue weighted by Crippen LogP contribution is 2.31. The van der Waals surface area contributed by atoms with E-state index in [0.29, 0.717) is 10.6 Å². The predicted octanol–water partition coefficient (Wildman–Crippen LogP) is 3.76. The highest BCUT2D eigenvalue weighted by Gasteiger charge is 2.26. The van der Waals surface area contributed by atoms with E-state index in [1.807, 2.05) is 0 Å². The number of benzene rings is 1. The Bertz CT molecular complexity index is 289. The smallest absolute Gasteiger partial charge is 0.202 e. The molecule has 0 saturated carbocycles. The van der Waals surface area contributed by atoms with Crippen molar-refractivity contribution in [1.29, 1.82) is 0 Å². The van der Waals surface area contributed by atoms with Crippen LogP contribution in [0.3, 0.4) is 0 Å². The van der Waals surface area contributed by atoms with Crippen LogP contribution in [-0.4, -0.2) is 0 Å². The zero-order valence-electron chi connectivity index (χ0n) is 6.87. The van der Waals surface area contributed by atoms with Gasteiger partial charge in [-0.25, -0.2) is 8.78 Å². The summed E-state index contributed by atoms with van der Waals surface area (Å²) in [7, 11) is 0. The van der Waals surface area contributed by atoms with Gasteiger partial charge in [0.1, 0.15) is 0 Å². The molecule has 0 spiro atoms. The van der Waals surface area contributed by atoms with Crippen LogP contribution in [0.2, 0.25) is 5.02 Å². The summed E-state index contributed by atoms with van der Waals surface area (Å²) < 4.78 is 25.7. The van der Waals surface area contributed by atoms with Crippen molar-refractivity contribution in [2.45, 2.75) is 19.8 Å². The molecule has 0 amide bonds. The lowest BCUT2D eigenvalue weighted by Gasteiger charge is -2.13. The monoisotopic (exact) mass is 190 g/mol. The van der Waals surface area contributed by atoms with Crippen molar-refractivity contribution >= 4 is 11.6 Å². The number of hydrogen-bond donors (Lipinski definition) is 0. The van der Waals surface area contributed by atoms with Gasteiger partial charge < -0.3 is 0 Å². The first-order valence-electron chi connectivity index (χ1n) is 3.55. The Hall–Kier alpha value is -0.630. The van der Waals surface area contributed by atoms with E-state index >= 15 is 0 Å². The van der Waals surface area contributed by atoms with Crippen LogP contribution in [0.4, 0.5) is 8.78 Å². The molecule has 3 heteroatoms. The first kappa shape index (κ1) is 9.46. The van der Waals surface area contributed by atoms with E-state index < -0.39 is 5.92 Å². The van der Waals surface area contributed by atoms with Crippen LogP contribution in [0, 0.1) is 6.92 Å². The average molecular weight is 191 g/mol. The molecule has 0 bridgehead atoms. The van der Waals surface area contributed by atoms with Gasteiger partial charge in [-0.15, -0.1) is 0 Å². The first-order valence-corrected chi connectivity index (χ1v) is 3.93. The Balaban J connectivity index is 3.23. The first-order chi connectivity index (χ1) is 5.41. The molecule has 1 aromatic carbocycles. The number of aryl methyl sites for hydroxylation is 1. The Kier molecular flexibility index (Phi) is 2.38. The fraction of sp³-hybridized carbons (Fsp3) is 0.333. The second-order valence-corrected chi connectivity index (χ2v) is 3.28. The Morgan fingerprint density at radius 3 is 2.33 bits per heavy atom. The minimum Gasteiger partial charge on any atom is -0.202 e. The Labute approximate surface area is 75.2 Å². The maximum absolute atomic E-state index is 12.8. The molecular weight excluding hydrogens is 182 g/mol. The maximum atomic E-state index is 12.8. The molecule has 0 aliphatic carbocycles. The molecule has 0 aliphatic heterocycles. The number of hydrogen-bond acceptors (Lipinski definition) is 0. The summed E-state index contributed by atoms with van der Waals surface area (Å²) in [6.07, 6.45) is 0. The third-order valence-corrected chi connectivity index (χ3v) is 1.91. The molecule has 1 aromatic rings. The summed E-state index contributed by atoms with van der Waals surface area (Å²) in [5, 5.41) is 0.345. The molecule has 0 nitrogen and oxygen atoms in total. The average Bonchev–Trinajstić information content (AvgIpc) is 1.92. The van der Waals surface area contributed by atoms with Gasteiger partial charge in [0, 0.05) is 17.5 Å². The number of alkyl halides is 2. The van der Waals surface area contributed by atoms with Gasteiger partial charge >= 0.3 is 0 Å². The summed E-state index contributed by atoms with van der Waals surface area (Å²) in [6, 6.07) is 4.50. The summed E-state index contributed by atoms with van der Waals surface area (Å²) in [5.74, 6) is -2.81. The molecule has 0 radical (unpaired) electrons. The molecule has 0 fully saturated rings. The number of rotatable bonds is 1. The van der Waals surface area contributed by atoms with Crippen LogP contribution in [0.1, 0.15) is 18.1 Å². The summed E-state index contributed by atoms with van der Waals surface area (Å²) in [4.78, 5) is 0. The molecule has 1 rings (SSSR count). The molecule has 0 atom stereocenters. The van der Waals surface area contributed by atoms with E-state index in [9.17, 15) is 8.78 Å². The second kappa shape index (κ2) is 3.02. The van der Waals surface area contributed by atoms with E-state index in [0.717, 1.165) is 6.92 Å². The third kappa shape index (κ3) is 1.95. The lowest BCUT2D eigenvalue weighted by atomic mass is 10.0. The van der Waals surface area contributed by atoms with Gasteiger partial charge in [0.15, 0.2) is 0 Å². The maximum Gasteiger partial charge on any atom is 0.270 e. The van der Waals surface area contributed by atoms with E-state index in [1.165, 1.54) is 6.07 Å². The van der Waals surface area contributed by atoms with Gasteiger partial charge in [-0.3, -0.25) is 0 Å². The summed E-state index contributed by atoms with van der Waals surface area (Å²) >= 11 is 5.59.